The lowest BCUT2D eigenvalue weighted by Crippen LogP contribution is -2.19. The second-order valence-electron chi connectivity index (χ2n) is 9.24. The van der Waals surface area contributed by atoms with Gasteiger partial charge in [0.2, 0.25) is 0 Å². The second kappa shape index (κ2) is 9.78. The van der Waals surface area contributed by atoms with Gasteiger partial charge in [-0.1, -0.05) is 60.7 Å². The molecule has 37 heavy (non-hydrogen) atoms. The van der Waals surface area contributed by atoms with Crippen LogP contribution >= 0.6 is 11.5 Å². The van der Waals surface area contributed by atoms with Crippen molar-refractivity contribution in [2.45, 2.75) is 38.2 Å². The van der Waals surface area contributed by atoms with E-state index in [0.29, 0.717) is 29.8 Å². The quantitative estimate of drug-likeness (QED) is 0.268. The van der Waals surface area contributed by atoms with Crippen LogP contribution in [0.5, 0.6) is 0 Å². The van der Waals surface area contributed by atoms with Crippen molar-refractivity contribution < 1.29 is 23.8 Å². The fourth-order valence-corrected chi connectivity index (χ4v) is 5.23. The summed E-state index contributed by atoms with van der Waals surface area (Å²) in [6.45, 7) is 3.50. The van der Waals surface area contributed by atoms with Gasteiger partial charge >= 0.3 is 12.1 Å². The molecule has 4 aromatic rings. The zero-order valence-corrected chi connectivity index (χ0v) is 21.1. The van der Waals surface area contributed by atoms with Gasteiger partial charge < -0.3 is 9.84 Å². The van der Waals surface area contributed by atoms with E-state index >= 15 is 0 Å². The Hall–Kier alpha value is -4.04. The molecule has 1 unspecified atom stereocenters. The van der Waals surface area contributed by atoms with Crippen LogP contribution in [-0.2, 0) is 14.9 Å². The first kappa shape index (κ1) is 24.6. The van der Waals surface area contributed by atoms with Crippen molar-refractivity contribution in [3.8, 4) is 21.6 Å². The van der Waals surface area contributed by atoms with Gasteiger partial charge in [-0.3, -0.25) is 10.1 Å². The van der Waals surface area contributed by atoms with Crippen molar-refractivity contribution in [3.63, 3.8) is 0 Å². The van der Waals surface area contributed by atoms with E-state index in [1.54, 1.807) is 19.1 Å². The molecule has 1 amide bonds. The van der Waals surface area contributed by atoms with Gasteiger partial charge in [-0.2, -0.15) is 4.37 Å². The van der Waals surface area contributed by atoms with Gasteiger partial charge in [0.25, 0.3) is 0 Å². The predicted octanol–water partition coefficient (Wildman–Crippen LogP) is 7.35. The Labute approximate surface area is 217 Å². The molecule has 1 saturated carbocycles. The number of halogens is 1. The van der Waals surface area contributed by atoms with Crippen molar-refractivity contribution in [1.29, 1.82) is 0 Å². The smallest absolute Gasteiger partial charge is 0.412 e. The molecule has 1 aromatic heterocycles. The fourth-order valence-electron chi connectivity index (χ4n) is 4.38. The third-order valence-electron chi connectivity index (χ3n) is 6.77. The molecular weight excluding hydrogens is 491 g/mol. The summed E-state index contributed by atoms with van der Waals surface area (Å²) in [6.07, 6.45) is 0.0890. The molecule has 0 radical (unpaired) electrons. The Bertz CT molecular complexity index is 1460. The summed E-state index contributed by atoms with van der Waals surface area (Å²) in [5.41, 5.74) is 4.81. The number of carboxylic acid groups (broad SMARTS) is 1. The maximum atomic E-state index is 13.5. The highest BCUT2D eigenvalue weighted by Gasteiger charge is 2.51. The summed E-state index contributed by atoms with van der Waals surface area (Å²) >= 11 is 1.28. The number of carboxylic acids is 1. The van der Waals surface area contributed by atoms with Crippen molar-refractivity contribution in [1.82, 2.24) is 4.37 Å². The minimum Gasteiger partial charge on any atom is -0.481 e. The molecule has 1 aliphatic rings. The Morgan fingerprint density at radius 3 is 2.24 bits per heavy atom. The van der Waals surface area contributed by atoms with Crippen molar-refractivity contribution in [3.05, 3.63) is 95.4 Å². The number of aliphatic carboxylic acids is 1. The van der Waals surface area contributed by atoms with Crippen LogP contribution in [0.3, 0.4) is 0 Å². The number of ether oxygens (including phenoxy) is 1. The third-order valence-corrected chi connectivity index (χ3v) is 7.76. The number of aryl methyl sites for hydroxylation is 1. The molecule has 188 valence electrons. The molecule has 1 heterocycles. The summed E-state index contributed by atoms with van der Waals surface area (Å²) < 4.78 is 23.4. The Morgan fingerprint density at radius 1 is 1.03 bits per heavy atom. The van der Waals surface area contributed by atoms with E-state index in [1.165, 1.54) is 23.7 Å². The average Bonchev–Trinajstić information content (AvgIpc) is 3.64. The Kier molecular flexibility index (Phi) is 6.52. The average molecular weight is 517 g/mol. The molecule has 3 aromatic carbocycles. The van der Waals surface area contributed by atoms with Crippen molar-refractivity contribution in [2.75, 3.05) is 5.32 Å². The minimum atomic E-state index is -0.763. The number of aromatic nitrogens is 1. The van der Waals surface area contributed by atoms with E-state index in [2.05, 4.69) is 9.69 Å². The van der Waals surface area contributed by atoms with E-state index in [0.717, 1.165) is 27.1 Å². The Morgan fingerprint density at radius 2 is 1.65 bits per heavy atom. The van der Waals surface area contributed by atoms with Gasteiger partial charge in [0.05, 0.1) is 21.7 Å². The summed E-state index contributed by atoms with van der Waals surface area (Å²) in [5, 5.41) is 12.3. The normalized spacial score (nSPS) is 14.6. The maximum Gasteiger partial charge on any atom is 0.412 e. The molecule has 6 nitrogen and oxygen atoms in total. The molecule has 0 spiro atoms. The summed E-state index contributed by atoms with van der Waals surface area (Å²) in [5.74, 6) is -1.15. The molecule has 0 bridgehead atoms. The van der Waals surface area contributed by atoms with Crippen LogP contribution in [0.15, 0.2) is 72.8 Å². The lowest BCUT2D eigenvalue weighted by atomic mass is 9.93. The molecule has 0 aliphatic heterocycles. The zero-order chi connectivity index (χ0) is 26.2. The Balaban J connectivity index is 1.30. The summed E-state index contributed by atoms with van der Waals surface area (Å²) in [6, 6.07) is 21.5. The molecule has 8 heteroatoms. The van der Waals surface area contributed by atoms with Gasteiger partial charge in [0.15, 0.2) is 0 Å². The highest BCUT2D eigenvalue weighted by molar-refractivity contribution is 7.10. The lowest BCUT2D eigenvalue weighted by molar-refractivity contribution is -0.140. The largest absolute Gasteiger partial charge is 0.481 e. The topological polar surface area (TPSA) is 88.5 Å². The van der Waals surface area contributed by atoms with Crippen molar-refractivity contribution in [2.24, 2.45) is 0 Å². The molecule has 1 fully saturated rings. The van der Waals surface area contributed by atoms with Crippen molar-refractivity contribution >= 4 is 29.3 Å². The number of nitrogens with one attached hydrogen (secondary N) is 1. The van der Waals surface area contributed by atoms with Gasteiger partial charge in [-0.05, 0) is 78.2 Å². The summed E-state index contributed by atoms with van der Waals surface area (Å²) in [4.78, 5) is 25.0. The maximum absolute atomic E-state index is 13.5. The van der Waals surface area contributed by atoms with E-state index in [9.17, 15) is 19.1 Å². The van der Waals surface area contributed by atoms with Crippen LogP contribution in [0, 0.1) is 12.7 Å². The molecule has 5 rings (SSSR count). The van der Waals surface area contributed by atoms with Crippen LogP contribution in [-0.4, -0.2) is 21.5 Å². The number of carbonyl (C=O) groups is 2. The van der Waals surface area contributed by atoms with Gasteiger partial charge in [0, 0.05) is 0 Å². The van der Waals surface area contributed by atoms with E-state index in [1.807, 2.05) is 55.5 Å². The van der Waals surface area contributed by atoms with Gasteiger partial charge in [-0.25, -0.2) is 9.18 Å². The molecule has 1 aliphatic carbocycles. The summed E-state index contributed by atoms with van der Waals surface area (Å²) in [7, 11) is 0. The van der Waals surface area contributed by atoms with E-state index < -0.39 is 23.6 Å². The van der Waals surface area contributed by atoms with Crippen LogP contribution in [0.1, 0.15) is 42.7 Å². The van der Waals surface area contributed by atoms with Crippen LogP contribution in [0.25, 0.3) is 21.6 Å². The number of anilines is 1. The zero-order valence-electron chi connectivity index (χ0n) is 20.3. The van der Waals surface area contributed by atoms with Gasteiger partial charge in [-0.15, -0.1) is 0 Å². The first-order chi connectivity index (χ1) is 17.8. The molecule has 0 saturated heterocycles. The number of hydrogen-bond donors (Lipinski definition) is 2. The number of benzene rings is 3. The first-order valence-corrected chi connectivity index (χ1v) is 12.7. The van der Waals surface area contributed by atoms with E-state index in [-0.39, 0.29) is 5.82 Å². The highest BCUT2D eigenvalue weighted by atomic mass is 32.1. The highest BCUT2D eigenvalue weighted by Crippen LogP contribution is 2.48. The van der Waals surface area contributed by atoms with Crippen LogP contribution in [0.4, 0.5) is 14.9 Å². The standard InChI is InChI=1S/C29H25FN2O4S/c1-17-25(31-28(35)36-18(2)22-4-3-5-24(30)16-22)26(37-32-17)21-8-6-19(7-9-21)20-10-12-23(13-11-20)29(14-15-29)27(33)34/h3-13,16,18H,14-15H2,1-2H3,(H,31,35)(H,33,34). The van der Waals surface area contributed by atoms with Gasteiger partial charge in [0.1, 0.15) is 11.9 Å². The molecule has 2 N–H and O–H groups in total. The predicted molar refractivity (Wildman–Crippen MR) is 141 cm³/mol. The van der Waals surface area contributed by atoms with Crippen LogP contribution in [0.2, 0.25) is 0 Å². The van der Waals surface area contributed by atoms with Crippen LogP contribution < -0.4 is 5.32 Å². The number of rotatable bonds is 7. The first-order valence-electron chi connectivity index (χ1n) is 11.9. The SMILES string of the molecule is Cc1nsc(-c2ccc(-c3ccc(C4(C(=O)O)CC4)cc3)cc2)c1NC(=O)OC(C)c1cccc(F)c1. The number of carbonyl (C=O) groups excluding carboxylic acids is 1. The minimum absolute atomic E-state index is 0.389. The number of amides is 1. The number of hydrogen-bond acceptors (Lipinski definition) is 5. The van der Waals surface area contributed by atoms with E-state index in [4.69, 9.17) is 4.74 Å². The molecule has 1 atom stereocenters. The second-order valence-corrected chi connectivity index (χ2v) is 10.0. The fraction of sp³-hybridized carbons (Fsp3) is 0.207. The molecular formula is C29H25FN2O4S. The number of nitrogens with zero attached hydrogens (tertiary/aromatic N) is 1. The monoisotopic (exact) mass is 516 g/mol. The lowest BCUT2D eigenvalue weighted by Gasteiger charge is -2.15. The third kappa shape index (κ3) is 4.97.